The van der Waals surface area contributed by atoms with Gasteiger partial charge in [0, 0.05) is 41.0 Å². The molecule has 0 unspecified atom stereocenters. The SMILES string of the molecule is C=CCN1CC[C@]2(c3cccc(OC)c3)C[C@H]1Cc1[nH]c3ccccc3c12. The second kappa shape index (κ2) is 6.28. The van der Waals surface area contributed by atoms with Gasteiger partial charge in [0.05, 0.1) is 7.11 Å². The van der Waals surface area contributed by atoms with Gasteiger partial charge in [-0.25, -0.2) is 0 Å². The van der Waals surface area contributed by atoms with Crippen molar-refractivity contribution in [1.82, 2.24) is 9.88 Å². The molecule has 1 aliphatic carbocycles. The van der Waals surface area contributed by atoms with Crippen molar-refractivity contribution in [1.29, 1.82) is 0 Å². The Morgan fingerprint density at radius 3 is 3.00 bits per heavy atom. The van der Waals surface area contributed by atoms with E-state index >= 15 is 0 Å². The van der Waals surface area contributed by atoms with Gasteiger partial charge >= 0.3 is 0 Å². The first-order valence-electron chi connectivity index (χ1n) is 9.85. The maximum Gasteiger partial charge on any atom is 0.119 e. The molecule has 0 amide bonds. The van der Waals surface area contributed by atoms with Crippen molar-refractivity contribution in [2.45, 2.75) is 30.7 Å². The summed E-state index contributed by atoms with van der Waals surface area (Å²) in [6, 6.07) is 18.0. The third-order valence-corrected chi connectivity index (χ3v) is 6.61. The molecule has 1 fully saturated rings. The van der Waals surface area contributed by atoms with E-state index in [9.17, 15) is 0 Å². The van der Waals surface area contributed by atoms with Gasteiger partial charge in [0.15, 0.2) is 0 Å². The molecule has 27 heavy (non-hydrogen) atoms. The number of H-pyrrole nitrogens is 1. The van der Waals surface area contributed by atoms with E-state index in [4.69, 9.17) is 4.74 Å². The summed E-state index contributed by atoms with van der Waals surface area (Å²) in [5, 5.41) is 1.38. The highest BCUT2D eigenvalue weighted by Gasteiger charge is 2.48. The van der Waals surface area contributed by atoms with Gasteiger partial charge in [0.1, 0.15) is 5.75 Å². The van der Waals surface area contributed by atoms with E-state index in [2.05, 4.69) is 58.9 Å². The Kier molecular flexibility index (Phi) is 3.87. The first-order chi connectivity index (χ1) is 13.2. The fraction of sp³-hybridized carbons (Fsp3) is 0.333. The highest BCUT2D eigenvalue weighted by molar-refractivity contribution is 5.87. The van der Waals surface area contributed by atoms with Crippen LogP contribution in [0.25, 0.3) is 10.9 Å². The van der Waals surface area contributed by atoms with Crippen molar-refractivity contribution in [3.8, 4) is 5.75 Å². The largest absolute Gasteiger partial charge is 0.497 e. The highest BCUT2D eigenvalue weighted by atomic mass is 16.5. The zero-order valence-electron chi connectivity index (χ0n) is 15.9. The summed E-state index contributed by atoms with van der Waals surface area (Å²) in [4.78, 5) is 6.34. The Hall–Kier alpha value is -2.52. The predicted octanol–water partition coefficient (Wildman–Crippen LogP) is 4.67. The molecule has 2 atom stereocenters. The first kappa shape index (κ1) is 16.6. The molecule has 3 heteroatoms. The molecule has 1 aromatic heterocycles. The standard InChI is InChI=1S/C24H26N2O/c1-3-12-26-13-11-24(17-7-6-8-19(14-17)27-2)16-18(26)15-22-23(24)20-9-4-5-10-21(20)25-22/h3-10,14,18,25H,1,11-13,15-16H2,2H3/t18-,24-/m1/s1. The minimum atomic E-state index is 0.0457. The number of aromatic nitrogens is 1. The molecule has 2 aromatic carbocycles. The van der Waals surface area contributed by atoms with Crippen LogP contribution >= 0.6 is 0 Å². The smallest absolute Gasteiger partial charge is 0.119 e. The van der Waals surface area contributed by atoms with Crippen LogP contribution in [0.1, 0.15) is 29.7 Å². The van der Waals surface area contributed by atoms with Gasteiger partial charge in [0.25, 0.3) is 0 Å². The fourth-order valence-corrected chi connectivity index (χ4v) is 5.45. The monoisotopic (exact) mass is 358 g/mol. The number of nitrogens with zero attached hydrogens (tertiary/aromatic N) is 1. The number of fused-ring (bicyclic) bond motifs is 6. The Morgan fingerprint density at radius 1 is 1.26 bits per heavy atom. The van der Waals surface area contributed by atoms with Crippen molar-refractivity contribution in [3.05, 3.63) is 78.0 Å². The zero-order valence-corrected chi connectivity index (χ0v) is 15.9. The number of piperidine rings is 1. The topological polar surface area (TPSA) is 28.3 Å². The second-order valence-corrected chi connectivity index (χ2v) is 7.93. The average Bonchev–Trinajstić information content (AvgIpc) is 3.09. The Bertz CT molecular complexity index is 1000. The molecule has 0 spiro atoms. The van der Waals surface area contributed by atoms with Gasteiger partial charge in [-0.3, -0.25) is 4.90 Å². The summed E-state index contributed by atoms with van der Waals surface area (Å²) in [5.41, 5.74) is 5.61. The van der Waals surface area contributed by atoms with Crippen LogP contribution in [0.4, 0.5) is 0 Å². The minimum Gasteiger partial charge on any atom is -0.497 e. The predicted molar refractivity (Wildman–Crippen MR) is 111 cm³/mol. The lowest BCUT2D eigenvalue weighted by Gasteiger charge is -2.50. The molecule has 2 bridgehead atoms. The van der Waals surface area contributed by atoms with Gasteiger partial charge in [-0.2, -0.15) is 0 Å². The molecule has 0 radical (unpaired) electrons. The van der Waals surface area contributed by atoms with Crippen LogP contribution in [-0.4, -0.2) is 36.1 Å². The van der Waals surface area contributed by atoms with Crippen LogP contribution in [0, 0.1) is 0 Å². The lowest BCUT2D eigenvalue weighted by atomic mass is 9.61. The van der Waals surface area contributed by atoms with Crippen LogP contribution in [0.15, 0.2) is 61.2 Å². The molecule has 138 valence electrons. The van der Waals surface area contributed by atoms with E-state index in [1.165, 1.54) is 27.7 Å². The molecule has 0 saturated carbocycles. The van der Waals surface area contributed by atoms with Crippen molar-refractivity contribution in [3.63, 3.8) is 0 Å². The number of ether oxygens (including phenoxy) is 1. The number of hydrogen-bond donors (Lipinski definition) is 1. The average molecular weight is 358 g/mol. The summed E-state index contributed by atoms with van der Waals surface area (Å²) in [5.74, 6) is 0.943. The second-order valence-electron chi connectivity index (χ2n) is 7.93. The van der Waals surface area contributed by atoms with E-state index in [0.29, 0.717) is 6.04 Å². The summed E-state index contributed by atoms with van der Waals surface area (Å²) >= 11 is 0. The number of benzene rings is 2. The lowest BCUT2D eigenvalue weighted by molar-refractivity contribution is 0.108. The molecule has 2 heterocycles. The number of nitrogens with one attached hydrogen (secondary N) is 1. The van der Waals surface area contributed by atoms with Crippen LogP contribution in [0.2, 0.25) is 0 Å². The molecule has 2 aliphatic rings. The van der Waals surface area contributed by atoms with Gasteiger partial charge in [-0.05, 0) is 48.7 Å². The van der Waals surface area contributed by atoms with E-state index in [-0.39, 0.29) is 5.41 Å². The van der Waals surface area contributed by atoms with Gasteiger partial charge in [-0.15, -0.1) is 6.58 Å². The molecular formula is C24H26N2O. The first-order valence-corrected chi connectivity index (χ1v) is 9.85. The van der Waals surface area contributed by atoms with E-state index in [1.807, 2.05) is 12.1 Å². The van der Waals surface area contributed by atoms with E-state index in [0.717, 1.165) is 38.1 Å². The third-order valence-electron chi connectivity index (χ3n) is 6.61. The third kappa shape index (κ3) is 2.45. The fourth-order valence-electron chi connectivity index (χ4n) is 5.45. The summed E-state index contributed by atoms with van der Waals surface area (Å²) in [6.45, 7) is 6.04. The van der Waals surface area contributed by atoms with Gasteiger partial charge in [0.2, 0.25) is 0 Å². The van der Waals surface area contributed by atoms with Crippen LogP contribution in [0.5, 0.6) is 5.75 Å². The maximum atomic E-state index is 5.57. The molecular weight excluding hydrogens is 332 g/mol. The van der Waals surface area contributed by atoms with Gasteiger partial charge < -0.3 is 9.72 Å². The van der Waals surface area contributed by atoms with Crippen molar-refractivity contribution in [2.24, 2.45) is 0 Å². The Morgan fingerprint density at radius 2 is 2.15 bits per heavy atom. The quantitative estimate of drug-likeness (QED) is 0.687. The lowest BCUT2D eigenvalue weighted by Crippen LogP contribution is -2.53. The van der Waals surface area contributed by atoms with Crippen LogP contribution < -0.4 is 4.74 Å². The summed E-state index contributed by atoms with van der Waals surface area (Å²) in [6.07, 6.45) is 5.41. The van der Waals surface area contributed by atoms with Gasteiger partial charge in [-0.1, -0.05) is 36.4 Å². The zero-order chi connectivity index (χ0) is 18.4. The molecule has 3 aromatic rings. The van der Waals surface area contributed by atoms with E-state index in [1.54, 1.807) is 7.11 Å². The number of para-hydroxylation sites is 1. The molecule has 1 aliphatic heterocycles. The number of aromatic amines is 1. The Labute approximate surface area is 160 Å². The summed E-state index contributed by atoms with van der Waals surface area (Å²) < 4.78 is 5.57. The normalized spacial score (nSPS) is 24.6. The molecule has 5 rings (SSSR count). The van der Waals surface area contributed by atoms with E-state index < -0.39 is 0 Å². The minimum absolute atomic E-state index is 0.0457. The van der Waals surface area contributed by atoms with Crippen molar-refractivity contribution in [2.75, 3.05) is 20.2 Å². The van der Waals surface area contributed by atoms with Crippen molar-refractivity contribution >= 4 is 10.9 Å². The molecule has 1 saturated heterocycles. The number of methoxy groups -OCH3 is 1. The van der Waals surface area contributed by atoms with Crippen molar-refractivity contribution < 1.29 is 4.74 Å². The Balaban J connectivity index is 1.74. The van der Waals surface area contributed by atoms with Crippen LogP contribution in [0.3, 0.4) is 0 Å². The molecule has 1 N–H and O–H groups in total. The number of hydrogen-bond acceptors (Lipinski definition) is 2. The summed E-state index contributed by atoms with van der Waals surface area (Å²) in [7, 11) is 1.75. The number of rotatable bonds is 4. The number of likely N-dealkylation sites (tertiary alicyclic amines) is 1. The molecule has 3 nitrogen and oxygen atoms in total. The maximum absolute atomic E-state index is 5.57. The van der Waals surface area contributed by atoms with Crippen LogP contribution in [-0.2, 0) is 11.8 Å². The highest BCUT2D eigenvalue weighted by Crippen LogP contribution is 2.52.